The maximum Gasteiger partial charge on any atom is 0.306 e. The van der Waals surface area contributed by atoms with E-state index in [1.807, 2.05) is 0 Å². The lowest BCUT2D eigenvalue weighted by Gasteiger charge is -2.24. The number of rotatable bonds is 46. The molecule has 57 heavy (non-hydrogen) atoms. The minimum atomic E-state index is -0.783. The molecule has 0 aromatic rings. The zero-order chi connectivity index (χ0) is 41.7. The fourth-order valence-corrected chi connectivity index (χ4v) is 7.96. The molecule has 3 unspecified atom stereocenters. The van der Waals surface area contributed by atoms with Crippen LogP contribution in [0.15, 0.2) is 12.2 Å². The van der Waals surface area contributed by atoms with E-state index in [2.05, 4.69) is 38.2 Å². The topological polar surface area (TPSA) is 95.9 Å². The summed E-state index contributed by atoms with van der Waals surface area (Å²) in [6, 6.07) is -0.697. The van der Waals surface area contributed by atoms with E-state index < -0.39 is 18.2 Å². The van der Waals surface area contributed by atoms with Gasteiger partial charge in [-0.25, -0.2) is 0 Å². The minimum absolute atomic E-state index is 0.0786. The third-order valence-corrected chi connectivity index (χ3v) is 11.8. The second-order valence-electron chi connectivity index (χ2n) is 17.6. The first-order chi connectivity index (χ1) is 28.0. The number of esters is 1. The molecule has 6 nitrogen and oxygen atoms in total. The van der Waals surface area contributed by atoms with Gasteiger partial charge in [0.15, 0.2) is 0 Å². The van der Waals surface area contributed by atoms with Crippen LogP contribution in [-0.4, -0.2) is 46.9 Å². The van der Waals surface area contributed by atoms with Crippen LogP contribution in [-0.2, 0) is 14.3 Å². The van der Waals surface area contributed by atoms with E-state index in [1.165, 1.54) is 173 Å². The van der Waals surface area contributed by atoms with Crippen LogP contribution >= 0.6 is 0 Å². The number of unbranched alkanes of at least 4 members (excludes halogenated alkanes) is 32. The van der Waals surface area contributed by atoms with Gasteiger partial charge in [0.25, 0.3) is 0 Å². The van der Waals surface area contributed by atoms with Crippen LogP contribution < -0.4 is 5.32 Å². The van der Waals surface area contributed by atoms with Crippen molar-refractivity contribution in [2.75, 3.05) is 6.61 Å². The normalized spacial score (nSPS) is 13.3. The summed E-state index contributed by atoms with van der Waals surface area (Å²) in [5.74, 6) is -0.467. The van der Waals surface area contributed by atoms with Crippen molar-refractivity contribution >= 4 is 11.9 Å². The maximum atomic E-state index is 13.2. The van der Waals surface area contributed by atoms with Crippen LogP contribution in [0, 0.1) is 0 Å². The van der Waals surface area contributed by atoms with E-state index in [9.17, 15) is 19.8 Å². The maximum absolute atomic E-state index is 13.2. The zero-order valence-electron chi connectivity index (χ0n) is 38.5. The van der Waals surface area contributed by atoms with Crippen molar-refractivity contribution in [3.63, 3.8) is 0 Å². The van der Waals surface area contributed by atoms with Crippen molar-refractivity contribution in [2.24, 2.45) is 0 Å². The third-order valence-electron chi connectivity index (χ3n) is 11.8. The Kier molecular flexibility index (Phi) is 44.6. The molecule has 0 aliphatic rings. The number of aliphatic hydroxyl groups excluding tert-OH is 2. The smallest absolute Gasteiger partial charge is 0.306 e. The van der Waals surface area contributed by atoms with Gasteiger partial charge >= 0.3 is 5.97 Å². The number of carbonyl (C=O) groups is 2. The van der Waals surface area contributed by atoms with Gasteiger partial charge in [-0.1, -0.05) is 226 Å². The van der Waals surface area contributed by atoms with Crippen molar-refractivity contribution in [2.45, 2.75) is 296 Å². The Bertz CT molecular complexity index is 863. The monoisotopic (exact) mass is 806 g/mol. The van der Waals surface area contributed by atoms with Gasteiger partial charge in [0.2, 0.25) is 5.91 Å². The molecule has 1 amide bonds. The molecule has 0 aliphatic heterocycles. The third kappa shape index (κ3) is 41.1. The summed E-state index contributed by atoms with van der Waals surface area (Å²) in [5, 5.41) is 23.7. The predicted molar refractivity (Wildman–Crippen MR) is 246 cm³/mol. The molecule has 0 bridgehead atoms. The second kappa shape index (κ2) is 45.7. The molecule has 0 aliphatic carbocycles. The molecule has 338 valence electrons. The summed E-state index contributed by atoms with van der Waals surface area (Å²) in [6.45, 7) is 6.48. The lowest BCUT2D eigenvalue weighted by Crippen LogP contribution is -2.46. The van der Waals surface area contributed by atoms with Gasteiger partial charge in [-0.05, 0) is 51.4 Å². The van der Waals surface area contributed by atoms with Crippen LogP contribution in [0.3, 0.4) is 0 Å². The van der Waals surface area contributed by atoms with E-state index in [1.54, 1.807) is 0 Å². The summed E-state index contributed by atoms with van der Waals surface area (Å²) >= 11 is 0. The summed E-state index contributed by atoms with van der Waals surface area (Å²) in [6.07, 6.45) is 49.8. The number of aliphatic hydroxyl groups is 2. The highest BCUT2D eigenvalue weighted by Gasteiger charge is 2.24. The van der Waals surface area contributed by atoms with Crippen molar-refractivity contribution in [3.05, 3.63) is 12.2 Å². The summed E-state index contributed by atoms with van der Waals surface area (Å²) in [4.78, 5) is 26.1. The highest BCUT2D eigenvalue weighted by Crippen LogP contribution is 2.18. The Morgan fingerprint density at radius 2 is 0.842 bits per heavy atom. The zero-order valence-corrected chi connectivity index (χ0v) is 38.5. The lowest BCUT2D eigenvalue weighted by atomic mass is 10.0. The Balaban J connectivity index is 4.54. The molecular formula is C51H99NO5. The number of amides is 1. The lowest BCUT2D eigenvalue weighted by molar-refractivity contribution is -0.151. The number of hydrogen-bond acceptors (Lipinski definition) is 5. The molecule has 0 spiro atoms. The fraction of sp³-hybridized carbons (Fsp3) is 0.922. The average Bonchev–Trinajstić information content (AvgIpc) is 3.20. The van der Waals surface area contributed by atoms with Crippen LogP contribution in [0.2, 0.25) is 0 Å². The van der Waals surface area contributed by atoms with E-state index in [0.29, 0.717) is 19.3 Å². The summed E-state index contributed by atoms with van der Waals surface area (Å²) < 4.78 is 5.92. The van der Waals surface area contributed by atoms with Crippen molar-refractivity contribution in [1.82, 2.24) is 5.32 Å². The molecule has 3 N–H and O–H groups in total. The molecule has 0 fully saturated rings. The van der Waals surface area contributed by atoms with E-state index in [4.69, 9.17) is 4.74 Å². The molecular weight excluding hydrogens is 707 g/mol. The summed E-state index contributed by atoms with van der Waals surface area (Å²) in [7, 11) is 0. The molecule has 3 atom stereocenters. The standard InChI is InChI=1S/C51H99NO5/c1-4-7-10-13-16-19-22-25-27-30-33-36-39-42-47(57-51(56)44-41-38-35-32-29-24-21-18-15-12-9-6-3)45-50(55)52-48(46-53)49(54)43-40-37-34-31-28-26-23-20-17-14-11-8-5-2/h19,22,47-49,53-54H,4-18,20-21,23-46H2,1-3H3,(H,52,55)/b22-19-. The SMILES string of the molecule is CCCCCC/C=C\CCCCCCCC(CC(=O)NC(CO)C(O)CCCCCCCCCCCCCCC)OC(=O)CCCCCCCCCCCCCC. The van der Waals surface area contributed by atoms with Crippen molar-refractivity contribution in [3.8, 4) is 0 Å². The molecule has 0 saturated carbocycles. The number of ether oxygens (including phenoxy) is 1. The van der Waals surface area contributed by atoms with E-state index >= 15 is 0 Å². The van der Waals surface area contributed by atoms with Gasteiger partial charge in [-0.2, -0.15) is 0 Å². The Hall–Kier alpha value is -1.40. The molecule has 0 saturated heterocycles. The minimum Gasteiger partial charge on any atom is -0.462 e. The first-order valence-electron chi connectivity index (χ1n) is 25.4. The number of carbonyl (C=O) groups excluding carboxylic acids is 2. The molecule has 0 aromatic heterocycles. The number of hydrogen-bond donors (Lipinski definition) is 3. The van der Waals surface area contributed by atoms with Crippen LogP contribution in [0.25, 0.3) is 0 Å². The Morgan fingerprint density at radius 3 is 1.26 bits per heavy atom. The predicted octanol–water partition coefficient (Wildman–Crippen LogP) is 15.0. The second-order valence-corrected chi connectivity index (χ2v) is 17.6. The Morgan fingerprint density at radius 1 is 0.491 bits per heavy atom. The van der Waals surface area contributed by atoms with Crippen LogP contribution in [0.1, 0.15) is 278 Å². The number of nitrogens with one attached hydrogen (secondary N) is 1. The van der Waals surface area contributed by atoms with Crippen LogP contribution in [0.4, 0.5) is 0 Å². The van der Waals surface area contributed by atoms with Gasteiger partial charge in [0, 0.05) is 6.42 Å². The molecule has 0 heterocycles. The molecule has 0 radical (unpaired) electrons. The fourth-order valence-electron chi connectivity index (χ4n) is 7.96. The number of allylic oxidation sites excluding steroid dienone is 2. The quantitative estimate of drug-likeness (QED) is 0.0323. The summed E-state index contributed by atoms with van der Waals surface area (Å²) in [5.41, 5.74) is 0. The molecule has 0 aromatic carbocycles. The largest absolute Gasteiger partial charge is 0.462 e. The van der Waals surface area contributed by atoms with Gasteiger partial charge < -0.3 is 20.3 Å². The van der Waals surface area contributed by atoms with Crippen LogP contribution in [0.5, 0.6) is 0 Å². The first kappa shape index (κ1) is 55.6. The van der Waals surface area contributed by atoms with Gasteiger partial charge in [0.1, 0.15) is 6.10 Å². The van der Waals surface area contributed by atoms with E-state index in [0.717, 1.165) is 57.8 Å². The van der Waals surface area contributed by atoms with E-state index in [-0.39, 0.29) is 24.9 Å². The average molecular weight is 806 g/mol. The highest BCUT2D eigenvalue weighted by atomic mass is 16.5. The van der Waals surface area contributed by atoms with Crippen molar-refractivity contribution < 1.29 is 24.5 Å². The Labute approximate surface area is 355 Å². The van der Waals surface area contributed by atoms with Gasteiger partial charge in [-0.15, -0.1) is 0 Å². The molecule has 0 rings (SSSR count). The van der Waals surface area contributed by atoms with Crippen molar-refractivity contribution in [1.29, 1.82) is 0 Å². The molecule has 6 heteroatoms. The van der Waals surface area contributed by atoms with Gasteiger partial charge in [0.05, 0.1) is 25.2 Å². The highest BCUT2D eigenvalue weighted by molar-refractivity contribution is 5.77. The first-order valence-corrected chi connectivity index (χ1v) is 25.4. The van der Waals surface area contributed by atoms with Gasteiger partial charge in [-0.3, -0.25) is 9.59 Å².